The zero-order chi connectivity index (χ0) is 27.8. The van der Waals surface area contributed by atoms with Crippen LogP contribution in [0, 0.1) is 6.92 Å². The zero-order valence-corrected chi connectivity index (χ0v) is 22.4. The third-order valence-electron chi connectivity index (χ3n) is 7.27. The molecule has 0 spiro atoms. The monoisotopic (exact) mass is 548 g/mol. The highest BCUT2D eigenvalue weighted by molar-refractivity contribution is 5.91. The maximum atomic E-state index is 13.1. The number of anilines is 6. The van der Waals surface area contributed by atoms with Crippen molar-refractivity contribution in [2.24, 2.45) is 0 Å². The van der Waals surface area contributed by atoms with E-state index in [4.69, 9.17) is 4.42 Å². The van der Waals surface area contributed by atoms with Crippen LogP contribution in [-0.4, -0.2) is 50.1 Å². The number of rotatable bonds is 3. The molecular weight excluding hydrogens is 520 g/mol. The second-order valence-electron chi connectivity index (χ2n) is 10.3. The lowest BCUT2D eigenvalue weighted by molar-refractivity contribution is 0.249. The Morgan fingerprint density at radius 3 is 2.93 bits per heavy atom. The number of nitrogens with zero attached hydrogens (tertiary/aromatic N) is 6. The van der Waals surface area contributed by atoms with Gasteiger partial charge >= 0.3 is 6.03 Å². The number of oxazole rings is 1. The zero-order valence-electron chi connectivity index (χ0n) is 22.4. The van der Waals surface area contributed by atoms with Crippen LogP contribution in [-0.2, 0) is 12.8 Å². The van der Waals surface area contributed by atoms with Gasteiger partial charge in [-0.15, -0.1) is 0 Å². The number of aryl methyl sites for hydroxylation is 3. The van der Waals surface area contributed by atoms with E-state index in [2.05, 4.69) is 52.3 Å². The van der Waals surface area contributed by atoms with E-state index in [9.17, 15) is 4.79 Å². The van der Waals surface area contributed by atoms with Crippen molar-refractivity contribution in [2.75, 3.05) is 33.9 Å². The van der Waals surface area contributed by atoms with Crippen molar-refractivity contribution in [3.8, 4) is 0 Å². The standard InChI is InChI=1S/C29H28N10O2/c1-17-13-32-27-34-22-11-18(14-30-15-22)4-5-19-12-20(33-25(17)38-27)6-7-23(19)36-28(40)35-21-8-10-39(16-21)29-37-24-3-2-9-31-26(24)41-29/h2-3,6-7,9,11-15,21H,4-5,8,10,16H2,1H3,(H2,35,36,40)(H2,32,33,34,38)/t21-/m0/s1. The number of aromatic nitrogens is 5. The smallest absolute Gasteiger partial charge is 0.319 e. The molecule has 6 bridgehead atoms. The first kappa shape index (κ1) is 24.8. The van der Waals surface area contributed by atoms with E-state index in [0.29, 0.717) is 36.5 Å². The number of hydrogen-bond donors (Lipinski definition) is 4. The molecule has 1 fully saturated rings. The van der Waals surface area contributed by atoms with Crippen LogP contribution >= 0.6 is 0 Å². The van der Waals surface area contributed by atoms with Gasteiger partial charge in [-0.2, -0.15) is 9.97 Å². The molecule has 0 saturated carbocycles. The van der Waals surface area contributed by atoms with Gasteiger partial charge in [-0.05, 0) is 73.7 Å². The molecule has 0 radical (unpaired) electrons. The lowest BCUT2D eigenvalue weighted by Crippen LogP contribution is -2.40. The van der Waals surface area contributed by atoms with Crippen molar-refractivity contribution in [1.82, 2.24) is 30.2 Å². The summed E-state index contributed by atoms with van der Waals surface area (Å²) < 4.78 is 5.80. The summed E-state index contributed by atoms with van der Waals surface area (Å²) in [6.45, 7) is 3.29. The number of fused-ring (bicyclic) bond motifs is 7. The van der Waals surface area contributed by atoms with Crippen molar-refractivity contribution < 1.29 is 9.21 Å². The van der Waals surface area contributed by atoms with Crippen molar-refractivity contribution in [3.05, 3.63) is 77.9 Å². The predicted octanol–water partition coefficient (Wildman–Crippen LogP) is 4.70. The van der Waals surface area contributed by atoms with E-state index >= 15 is 0 Å². The number of benzene rings is 1. The van der Waals surface area contributed by atoms with E-state index in [-0.39, 0.29) is 12.1 Å². The molecule has 0 aliphatic carbocycles. The minimum absolute atomic E-state index is 0.0415. The van der Waals surface area contributed by atoms with Crippen molar-refractivity contribution in [3.63, 3.8) is 0 Å². The summed E-state index contributed by atoms with van der Waals surface area (Å²) in [4.78, 5) is 37.3. The highest BCUT2D eigenvalue weighted by Crippen LogP contribution is 2.28. The van der Waals surface area contributed by atoms with Crippen molar-refractivity contribution in [1.29, 1.82) is 0 Å². The van der Waals surface area contributed by atoms with E-state index in [0.717, 1.165) is 58.7 Å². The minimum atomic E-state index is -0.250. The van der Waals surface area contributed by atoms with Crippen LogP contribution < -0.4 is 26.2 Å². The second-order valence-corrected chi connectivity index (χ2v) is 10.3. The van der Waals surface area contributed by atoms with Gasteiger partial charge in [0.15, 0.2) is 0 Å². The summed E-state index contributed by atoms with van der Waals surface area (Å²) >= 11 is 0. The normalized spacial score (nSPS) is 16.1. The summed E-state index contributed by atoms with van der Waals surface area (Å²) in [7, 11) is 0. The van der Waals surface area contributed by atoms with Crippen LogP contribution in [0.2, 0.25) is 0 Å². The number of hydrogen-bond acceptors (Lipinski definition) is 10. The van der Waals surface area contributed by atoms with Crippen LogP contribution in [0.15, 0.2) is 65.6 Å². The Hall–Kier alpha value is -5.26. The van der Waals surface area contributed by atoms with Crippen molar-refractivity contribution >= 4 is 52.1 Å². The van der Waals surface area contributed by atoms with E-state index in [1.54, 1.807) is 18.6 Å². The predicted molar refractivity (Wildman–Crippen MR) is 156 cm³/mol. The fourth-order valence-corrected chi connectivity index (χ4v) is 5.16. The highest BCUT2D eigenvalue weighted by Gasteiger charge is 2.27. The fourth-order valence-electron chi connectivity index (χ4n) is 5.16. The Labute approximate surface area is 235 Å². The molecule has 206 valence electrons. The third kappa shape index (κ3) is 5.31. The molecule has 12 nitrogen and oxygen atoms in total. The van der Waals surface area contributed by atoms with Gasteiger partial charge in [0.1, 0.15) is 11.3 Å². The molecule has 2 aliphatic rings. The number of pyridine rings is 2. The van der Waals surface area contributed by atoms with Gasteiger partial charge in [-0.3, -0.25) is 4.98 Å². The lowest BCUT2D eigenvalue weighted by Gasteiger charge is -2.17. The summed E-state index contributed by atoms with van der Waals surface area (Å²) in [5, 5.41) is 12.8. The molecule has 6 heterocycles. The Morgan fingerprint density at radius 1 is 1.05 bits per heavy atom. The van der Waals surface area contributed by atoms with Gasteiger partial charge in [0.05, 0.1) is 11.9 Å². The average Bonchev–Trinajstić information content (AvgIpc) is 3.62. The van der Waals surface area contributed by atoms with E-state index < -0.39 is 0 Å². The molecule has 2 aliphatic heterocycles. The Kier molecular flexibility index (Phi) is 6.26. The van der Waals surface area contributed by atoms with Gasteiger partial charge in [0.2, 0.25) is 11.7 Å². The first-order valence-corrected chi connectivity index (χ1v) is 13.5. The number of nitrogens with one attached hydrogen (secondary N) is 4. The molecule has 1 aromatic carbocycles. The second kappa shape index (κ2) is 10.4. The summed E-state index contributed by atoms with van der Waals surface area (Å²) in [6.07, 6.45) is 9.31. The molecule has 4 N–H and O–H groups in total. The van der Waals surface area contributed by atoms with Crippen LogP contribution in [0.5, 0.6) is 0 Å². The fraction of sp³-hybridized carbons (Fsp3) is 0.241. The molecule has 41 heavy (non-hydrogen) atoms. The van der Waals surface area contributed by atoms with Crippen LogP contribution in [0.3, 0.4) is 0 Å². The third-order valence-corrected chi connectivity index (χ3v) is 7.27. The van der Waals surface area contributed by atoms with Gasteiger partial charge in [0, 0.05) is 54.7 Å². The maximum Gasteiger partial charge on any atom is 0.319 e. The van der Waals surface area contributed by atoms with Crippen LogP contribution in [0.1, 0.15) is 23.1 Å². The van der Waals surface area contributed by atoms with Crippen LogP contribution in [0.4, 0.5) is 39.6 Å². The molecule has 2 amide bonds. The first-order chi connectivity index (χ1) is 20.1. The van der Waals surface area contributed by atoms with Gasteiger partial charge in [0.25, 0.3) is 6.01 Å². The molecule has 4 aromatic heterocycles. The number of urea groups is 1. The highest BCUT2D eigenvalue weighted by atomic mass is 16.4. The molecule has 1 atom stereocenters. The first-order valence-electron chi connectivity index (χ1n) is 13.5. The van der Waals surface area contributed by atoms with Crippen molar-refractivity contribution in [2.45, 2.75) is 32.2 Å². The summed E-state index contributed by atoms with van der Waals surface area (Å²) in [6, 6.07) is 11.9. The minimum Gasteiger partial charge on any atom is -0.404 e. The number of amides is 2. The lowest BCUT2D eigenvalue weighted by atomic mass is 10.0. The molecular formula is C29H28N10O2. The Morgan fingerprint density at radius 2 is 2.00 bits per heavy atom. The topological polar surface area (TPSA) is 146 Å². The largest absolute Gasteiger partial charge is 0.404 e. The summed E-state index contributed by atoms with van der Waals surface area (Å²) in [5.41, 5.74) is 6.67. The van der Waals surface area contributed by atoms with E-state index in [1.807, 2.05) is 48.4 Å². The molecule has 5 aromatic rings. The SMILES string of the molecule is Cc1cnc2nc1Nc1ccc(NC(=O)N[C@H]3CCN(c4nc5cccnc5o4)C3)c(c1)CCc1cncc(c1)N2. The maximum absolute atomic E-state index is 13.1. The quantitative estimate of drug-likeness (QED) is 0.250. The number of carbonyl (C=O) groups excluding carboxylic acids is 1. The van der Waals surface area contributed by atoms with E-state index in [1.165, 1.54) is 0 Å². The number of carbonyl (C=O) groups is 1. The molecule has 0 unspecified atom stereocenters. The Balaban J connectivity index is 1.08. The molecule has 7 rings (SSSR count). The van der Waals surface area contributed by atoms with Gasteiger partial charge in [-0.25, -0.2) is 14.8 Å². The van der Waals surface area contributed by atoms with Crippen LogP contribution in [0.25, 0.3) is 11.2 Å². The molecule has 1 saturated heterocycles. The summed E-state index contributed by atoms with van der Waals surface area (Å²) in [5.74, 6) is 1.19. The Bertz CT molecular complexity index is 1720. The van der Waals surface area contributed by atoms with Gasteiger partial charge in [-0.1, -0.05) is 0 Å². The van der Waals surface area contributed by atoms with Gasteiger partial charge < -0.3 is 30.6 Å². The molecule has 12 heteroatoms. The average molecular weight is 549 g/mol.